The van der Waals surface area contributed by atoms with E-state index in [0.29, 0.717) is 25.7 Å². The summed E-state index contributed by atoms with van der Waals surface area (Å²) in [7, 11) is -9.93. The Morgan fingerprint density at radius 2 is 0.545 bits per heavy atom. The summed E-state index contributed by atoms with van der Waals surface area (Å²) in [6.45, 7) is 7.26. The van der Waals surface area contributed by atoms with Crippen LogP contribution in [0.1, 0.15) is 401 Å². The molecule has 99 heavy (non-hydrogen) atoms. The Morgan fingerprint density at radius 3 is 0.828 bits per heavy atom. The maximum atomic E-state index is 13.1. The van der Waals surface area contributed by atoms with E-state index < -0.39 is 97.5 Å². The van der Waals surface area contributed by atoms with E-state index in [1.165, 1.54) is 205 Å². The Hall–Kier alpha value is -2.46. The van der Waals surface area contributed by atoms with Crippen molar-refractivity contribution in [1.82, 2.24) is 0 Å². The number of aliphatic hydroxyl groups excluding tert-OH is 1. The second-order valence-corrected chi connectivity index (χ2v) is 31.5. The molecule has 19 heteroatoms. The number of rotatable bonds is 78. The lowest BCUT2D eigenvalue weighted by Crippen LogP contribution is -2.30. The summed E-state index contributed by atoms with van der Waals surface area (Å²) in [5, 5.41) is 10.6. The van der Waals surface area contributed by atoms with Gasteiger partial charge in [-0.25, -0.2) is 9.13 Å². The fourth-order valence-corrected chi connectivity index (χ4v) is 13.4. The molecule has 0 aromatic rings. The Kier molecular flexibility index (Phi) is 70.7. The summed E-state index contributed by atoms with van der Waals surface area (Å²) in [5.74, 6) is -1.33. The van der Waals surface area contributed by atoms with Crippen LogP contribution in [-0.4, -0.2) is 96.7 Å². The Balaban J connectivity index is 5.23. The van der Waals surface area contributed by atoms with E-state index >= 15 is 0 Å². The molecule has 5 atom stereocenters. The molecular weight excluding hydrogens is 1290 g/mol. The van der Waals surface area contributed by atoms with Crippen LogP contribution in [-0.2, 0) is 65.4 Å². The summed E-state index contributed by atoms with van der Waals surface area (Å²) in [6.07, 6.45) is 66.1. The minimum absolute atomic E-state index is 0.0852. The van der Waals surface area contributed by atoms with Gasteiger partial charge in [0, 0.05) is 25.7 Å². The van der Waals surface area contributed by atoms with Gasteiger partial charge in [-0.05, 0) is 57.3 Å². The van der Waals surface area contributed by atoms with Gasteiger partial charge in [-0.15, -0.1) is 0 Å². The van der Waals surface area contributed by atoms with Gasteiger partial charge in [-0.1, -0.05) is 348 Å². The molecule has 0 saturated carbocycles. The number of phosphoric ester groups is 2. The summed E-state index contributed by atoms with van der Waals surface area (Å²) in [6, 6.07) is 0. The Labute approximate surface area is 605 Å². The summed E-state index contributed by atoms with van der Waals surface area (Å²) in [4.78, 5) is 72.9. The summed E-state index contributed by atoms with van der Waals surface area (Å²) < 4.78 is 68.6. The highest BCUT2D eigenvalue weighted by atomic mass is 31.2. The number of hydrogen-bond acceptors (Lipinski definition) is 15. The molecule has 0 spiro atoms. The second-order valence-electron chi connectivity index (χ2n) is 28.6. The quantitative estimate of drug-likeness (QED) is 0.0169. The van der Waals surface area contributed by atoms with Gasteiger partial charge < -0.3 is 33.8 Å². The number of hydrogen-bond donors (Lipinski definition) is 3. The lowest BCUT2D eigenvalue weighted by molar-refractivity contribution is -0.161. The van der Waals surface area contributed by atoms with Crippen molar-refractivity contribution in [3.05, 3.63) is 24.3 Å². The fraction of sp³-hybridized carbons (Fsp3) is 0.900. The highest BCUT2D eigenvalue weighted by Crippen LogP contribution is 2.45. The average Bonchev–Trinajstić information content (AvgIpc) is 1.05. The smallest absolute Gasteiger partial charge is 0.462 e. The maximum absolute atomic E-state index is 13.1. The van der Waals surface area contributed by atoms with Crippen molar-refractivity contribution in [1.29, 1.82) is 0 Å². The number of aliphatic hydroxyl groups is 1. The molecule has 3 N–H and O–H groups in total. The topological polar surface area (TPSA) is 237 Å². The van der Waals surface area contributed by atoms with E-state index in [2.05, 4.69) is 58.9 Å². The first-order valence-electron chi connectivity index (χ1n) is 41.0. The van der Waals surface area contributed by atoms with Crippen LogP contribution in [0, 0.1) is 5.92 Å². The van der Waals surface area contributed by atoms with Crippen LogP contribution in [0.3, 0.4) is 0 Å². The number of unbranched alkanes of at least 4 members (excludes halogenated alkanes) is 47. The molecule has 0 fully saturated rings. The van der Waals surface area contributed by atoms with Crippen LogP contribution in [0.15, 0.2) is 24.3 Å². The van der Waals surface area contributed by atoms with E-state index in [0.717, 1.165) is 115 Å². The van der Waals surface area contributed by atoms with Gasteiger partial charge >= 0.3 is 39.5 Å². The van der Waals surface area contributed by atoms with E-state index in [4.69, 9.17) is 37.0 Å². The zero-order valence-electron chi connectivity index (χ0n) is 64.1. The molecule has 0 aliphatic carbocycles. The largest absolute Gasteiger partial charge is 0.472 e. The monoisotopic (exact) mass is 1450 g/mol. The van der Waals surface area contributed by atoms with E-state index in [-0.39, 0.29) is 25.7 Å². The van der Waals surface area contributed by atoms with Gasteiger partial charge in [0.1, 0.15) is 19.3 Å². The van der Waals surface area contributed by atoms with Crippen molar-refractivity contribution in [2.75, 3.05) is 39.6 Å². The molecule has 0 saturated heterocycles. The van der Waals surface area contributed by atoms with E-state index in [1.807, 2.05) is 0 Å². The van der Waals surface area contributed by atoms with Crippen molar-refractivity contribution >= 4 is 39.5 Å². The molecular formula is C80H152O17P2. The molecule has 2 unspecified atom stereocenters. The van der Waals surface area contributed by atoms with Crippen LogP contribution < -0.4 is 0 Å². The van der Waals surface area contributed by atoms with Crippen LogP contribution in [0.5, 0.6) is 0 Å². The van der Waals surface area contributed by atoms with Crippen molar-refractivity contribution in [2.45, 2.75) is 419 Å². The lowest BCUT2D eigenvalue weighted by Gasteiger charge is -2.21. The van der Waals surface area contributed by atoms with Crippen molar-refractivity contribution in [2.24, 2.45) is 5.92 Å². The molecule has 0 amide bonds. The number of phosphoric acid groups is 2. The minimum atomic E-state index is -4.96. The van der Waals surface area contributed by atoms with Crippen LogP contribution >= 0.6 is 15.6 Å². The molecule has 584 valence electrons. The predicted molar refractivity (Wildman–Crippen MR) is 404 cm³/mol. The normalized spacial score (nSPS) is 14.0. The SMILES string of the molecule is CCCCCC/C=C\C=C/CCCCCCCC(=O)O[C@H](COC(=O)CCCCCCCCCC)COP(=O)(O)OC[C@H](O)COP(=O)(O)OC[C@@H](COC(=O)CCCCCCCCCCCCCCCCCCC)OC(=O)CCCCCCCCCCCCCCCCCCC(C)C. The van der Waals surface area contributed by atoms with E-state index in [9.17, 15) is 43.2 Å². The second kappa shape index (κ2) is 72.5. The molecule has 0 aromatic heterocycles. The standard InChI is InChI=1S/C80H152O17P2/c1-6-9-12-15-18-21-23-25-27-28-33-36-40-44-49-54-59-64-78(83)91-70-76(97-80(85)66-61-56-51-46-42-38-34-30-29-32-35-39-43-47-52-57-62-73(4)5)72-95-99(88,89)93-68-74(81)67-92-98(86,87)94-71-75(69-90-77(82)63-58-53-48-20-17-14-11-8-3)96-79(84)65-60-55-50-45-41-37-31-26-24-22-19-16-13-10-7-2/h22,24,26,31,73-76,81H,6-21,23,25,27-30,32-72H2,1-5H3,(H,86,87)(H,88,89)/b24-22-,31-26-/t74-,75+,76+/m0/s1. The van der Waals surface area contributed by atoms with Crippen molar-refractivity contribution in [3.8, 4) is 0 Å². The van der Waals surface area contributed by atoms with Gasteiger partial charge in [0.25, 0.3) is 0 Å². The zero-order chi connectivity index (χ0) is 72.7. The number of carbonyl (C=O) groups is 4. The van der Waals surface area contributed by atoms with Gasteiger partial charge in [-0.2, -0.15) is 0 Å². The van der Waals surface area contributed by atoms with Gasteiger partial charge in [0.15, 0.2) is 12.2 Å². The summed E-state index contributed by atoms with van der Waals surface area (Å²) in [5.41, 5.74) is 0. The van der Waals surface area contributed by atoms with Crippen molar-refractivity contribution in [3.63, 3.8) is 0 Å². The first-order valence-corrected chi connectivity index (χ1v) is 43.9. The molecule has 0 aromatic carbocycles. The number of carbonyl (C=O) groups excluding carboxylic acids is 4. The van der Waals surface area contributed by atoms with E-state index in [1.54, 1.807) is 0 Å². The lowest BCUT2D eigenvalue weighted by atomic mass is 10.0. The third-order valence-corrected chi connectivity index (χ3v) is 20.1. The third kappa shape index (κ3) is 73.6. The maximum Gasteiger partial charge on any atom is 0.472 e. The molecule has 0 heterocycles. The Bertz CT molecular complexity index is 1990. The highest BCUT2D eigenvalue weighted by Gasteiger charge is 2.30. The first-order chi connectivity index (χ1) is 48.0. The van der Waals surface area contributed by atoms with Gasteiger partial charge in [-0.3, -0.25) is 37.3 Å². The third-order valence-electron chi connectivity index (χ3n) is 18.2. The van der Waals surface area contributed by atoms with Crippen LogP contribution in [0.4, 0.5) is 0 Å². The molecule has 0 aliphatic rings. The molecule has 0 bridgehead atoms. The summed E-state index contributed by atoms with van der Waals surface area (Å²) >= 11 is 0. The number of ether oxygens (including phenoxy) is 4. The minimum Gasteiger partial charge on any atom is -0.462 e. The van der Waals surface area contributed by atoms with Crippen molar-refractivity contribution < 1.29 is 80.2 Å². The van der Waals surface area contributed by atoms with Crippen LogP contribution in [0.25, 0.3) is 0 Å². The highest BCUT2D eigenvalue weighted by molar-refractivity contribution is 7.47. The predicted octanol–water partition coefficient (Wildman–Crippen LogP) is 23.6. The Morgan fingerprint density at radius 1 is 0.313 bits per heavy atom. The number of allylic oxidation sites excluding steroid dienone is 4. The number of esters is 4. The average molecular weight is 1450 g/mol. The fourth-order valence-electron chi connectivity index (χ4n) is 11.9. The zero-order valence-corrected chi connectivity index (χ0v) is 65.9. The molecule has 0 aliphatic heterocycles. The first kappa shape index (κ1) is 96.5. The van der Waals surface area contributed by atoms with Gasteiger partial charge in [0.05, 0.1) is 26.4 Å². The van der Waals surface area contributed by atoms with Crippen LogP contribution in [0.2, 0.25) is 0 Å². The molecule has 0 rings (SSSR count). The van der Waals surface area contributed by atoms with Gasteiger partial charge in [0.2, 0.25) is 0 Å². The molecule has 0 radical (unpaired) electrons. The molecule has 17 nitrogen and oxygen atoms in total.